The molecule has 24 nitrogen and oxygen atoms in total. The number of aldehydes is 2. The number of anilines is 1. The van der Waals surface area contributed by atoms with Gasteiger partial charge in [-0.1, -0.05) is 6.92 Å². The van der Waals surface area contributed by atoms with E-state index in [1.165, 1.54) is 14.0 Å². The molecular weight excluding hydrogens is 949 g/mol. The first kappa shape index (κ1) is 50.4. The summed E-state index contributed by atoms with van der Waals surface area (Å²) in [6.45, 7) is -1.12. The van der Waals surface area contributed by atoms with E-state index in [-0.39, 0.29) is 13.1 Å². The van der Waals surface area contributed by atoms with Crippen molar-refractivity contribution in [3.63, 3.8) is 0 Å². The van der Waals surface area contributed by atoms with Gasteiger partial charge in [-0.15, -0.1) is 0 Å². The molecule has 4 heterocycles. The van der Waals surface area contributed by atoms with Gasteiger partial charge in [0.15, 0.2) is 25.2 Å². The fraction of sp³-hybridized carbons (Fsp3) is 0.730. The van der Waals surface area contributed by atoms with Crippen LogP contribution in [0.5, 0.6) is 0 Å². The number of ether oxygens (including phenoxy) is 8. The maximum atomic E-state index is 12.6. The molecule has 1 aromatic carbocycles. The molecule has 0 spiro atoms. The molecule has 350 valence electrons. The summed E-state index contributed by atoms with van der Waals surface area (Å²) in [6, 6.07) is 4.50. The predicted molar refractivity (Wildman–Crippen MR) is 207 cm³/mol. The number of aliphatic hydroxyl groups is 7. The molecule has 4 aliphatic heterocycles. The number of carbonyl (C=O) groups is 4. The number of aliphatic carboxylic acids is 2. The number of carboxylic acids is 2. The van der Waals surface area contributed by atoms with E-state index in [9.17, 15) is 65.1 Å². The Morgan fingerprint density at radius 2 is 1.24 bits per heavy atom. The summed E-state index contributed by atoms with van der Waals surface area (Å²) < 4.78 is 46.8. The number of benzene rings is 1. The average molecular weight is 1000 g/mol. The van der Waals surface area contributed by atoms with E-state index in [0.717, 1.165) is 3.57 Å². The minimum atomic E-state index is -2.10. The Morgan fingerprint density at radius 3 is 1.77 bits per heavy atom. The Kier molecular flexibility index (Phi) is 18.7. The number of rotatable bonds is 20. The molecule has 4 saturated heterocycles. The molecule has 4 fully saturated rings. The first-order valence-corrected chi connectivity index (χ1v) is 20.7. The second-order valence-electron chi connectivity index (χ2n) is 15.1. The van der Waals surface area contributed by atoms with Crippen molar-refractivity contribution >= 4 is 52.8 Å². The van der Waals surface area contributed by atoms with Gasteiger partial charge in [-0.05, 0) is 46.9 Å². The molecule has 0 amide bonds. The molecule has 0 radical (unpaired) electrons. The lowest BCUT2D eigenvalue weighted by Gasteiger charge is -2.49. The molecule has 0 bridgehead atoms. The Hall–Kier alpha value is -2.65. The molecule has 62 heavy (non-hydrogen) atoms. The van der Waals surface area contributed by atoms with Crippen LogP contribution in [0.3, 0.4) is 0 Å². The number of nitrogens with one attached hydrogen (secondary N) is 3. The second kappa shape index (κ2) is 23.0. The van der Waals surface area contributed by atoms with Gasteiger partial charge >= 0.3 is 0 Å². The number of halogens is 1. The van der Waals surface area contributed by atoms with Crippen LogP contribution in [0.1, 0.15) is 6.92 Å². The van der Waals surface area contributed by atoms with E-state index < -0.39 is 154 Å². The molecule has 20 unspecified atom stereocenters. The number of hydrogen-bond donors (Lipinski definition) is 10. The molecule has 5 rings (SSSR count). The van der Waals surface area contributed by atoms with Crippen LogP contribution in [0.15, 0.2) is 24.3 Å². The van der Waals surface area contributed by atoms with Crippen LogP contribution in [-0.4, -0.2) is 211 Å². The van der Waals surface area contributed by atoms with Gasteiger partial charge in [0.05, 0.1) is 62.5 Å². The van der Waals surface area contributed by atoms with E-state index in [1.807, 2.05) is 0 Å². The lowest BCUT2D eigenvalue weighted by Crippen LogP contribution is -2.69. The molecule has 20 atom stereocenters. The Bertz CT molecular complexity index is 1620. The second-order valence-corrected chi connectivity index (χ2v) is 16.3. The van der Waals surface area contributed by atoms with E-state index in [0.29, 0.717) is 18.3 Å². The quantitative estimate of drug-likeness (QED) is 0.0428. The van der Waals surface area contributed by atoms with Gasteiger partial charge < -0.3 is 119 Å². The van der Waals surface area contributed by atoms with Crippen molar-refractivity contribution in [2.24, 2.45) is 11.8 Å². The summed E-state index contributed by atoms with van der Waals surface area (Å²) in [5.41, 5.74) is 0.589. The van der Waals surface area contributed by atoms with Gasteiger partial charge in [0.2, 0.25) is 0 Å². The normalized spacial score (nSPS) is 41.3. The predicted octanol–water partition coefficient (Wildman–Crippen LogP) is -7.74. The van der Waals surface area contributed by atoms with E-state index in [1.54, 1.807) is 24.3 Å². The third-order valence-electron chi connectivity index (χ3n) is 11.1. The minimum absolute atomic E-state index is 0.159. The Morgan fingerprint density at radius 1 is 0.726 bits per heavy atom. The van der Waals surface area contributed by atoms with Crippen LogP contribution in [0.25, 0.3) is 0 Å². The number of carboxylic acid groups (broad SMARTS) is 2. The van der Waals surface area contributed by atoms with Crippen LogP contribution in [0.2, 0.25) is 0 Å². The van der Waals surface area contributed by atoms with Gasteiger partial charge in [-0.3, -0.25) is 0 Å². The van der Waals surface area contributed by atoms with Crippen molar-refractivity contribution in [1.82, 2.24) is 10.6 Å². The monoisotopic (exact) mass is 1000 g/mol. The van der Waals surface area contributed by atoms with E-state index in [2.05, 4.69) is 38.5 Å². The lowest BCUT2D eigenvalue weighted by atomic mass is 9.89. The van der Waals surface area contributed by atoms with Crippen molar-refractivity contribution in [3.8, 4) is 0 Å². The molecule has 10 N–H and O–H groups in total. The van der Waals surface area contributed by atoms with Crippen LogP contribution in [0, 0.1) is 15.4 Å². The van der Waals surface area contributed by atoms with Gasteiger partial charge in [0, 0.05) is 34.7 Å². The zero-order chi connectivity index (χ0) is 45.4. The maximum Gasteiger partial charge on any atom is 0.187 e. The smallest absolute Gasteiger partial charge is 0.187 e. The third-order valence-corrected chi connectivity index (χ3v) is 11.9. The molecule has 25 heteroatoms. The summed E-state index contributed by atoms with van der Waals surface area (Å²) in [5, 5.41) is 110. The van der Waals surface area contributed by atoms with Gasteiger partial charge in [0.25, 0.3) is 0 Å². The largest absolute Gasteiger partial charge is 0.547 e. The third kappa shape index (κ3) is 11.6. The molecule has 4 aliphatic rings. The fourth-order valence-electron chi connectivity index (χ4n) is 7.75. The van der Waals surface area contributed by atoms with Crippen molar-refractivity contribution in [3.05, 3.63) is 27.8 Å². The van der Waals surface area contributed by atoms with Crippen LogP contribution >= 0.6 is 22.6 Å². The molecule has 0 saturated carbocycles. The summed E-state index contributed by atoms with van der Waals surface area (Å²) in [6.07, 6.45) is -26.3. The topological polar surface area (TPSA) is 366 Å². The fourth-order valence-corrected chi connectivity index (χ4v) is 8.11. The zero-order valence-electron chi connectivity index (χ0n) is 33.3. The van der Waals surface area contributed by atoms with Gasteiger partial charge in [-0.2, -0.15) is 0 Å². The summed E-state index contributed by atoms with van der Waals surface area (Å²) >= 11 is 2.11. The molecule has 0 aromatic heterocycles. The summed E-state index contributed by atoms with van der Waals surface area (Å²) in [5.74, 6) is -6.44. The Balaban J connectivity index is 1.40. The molecule has 1 aromatic rings. The summed E-state index contributed by atoms with van der Waals surface area (Å²) in [7, 11) is 1.23. The summed E-state index contributed by atoms with van der Waals surface area (Å²) in [4.78, 5) is 47.3. The molecular formula is C37H52IN3O21-2. The van der Waals surface area contributed by atoms with Crippen LogP contribution < -0.4 is 26.2 Å². The van der Waals surface area contributed by atoms with Crippen molar-refractivity contribution in [2.75, 3.05) is 45.3 Å². The van der Waals surface area contributed by atoms with Gasteiger partial charge in [-0.25, -0.2) is 0 Å². The first-order valence-electron chi connectivity index (χ1n) is 19.6. The highest BCUT2D eigenvalue weighted by molar-refractivity contribution is 14.1. The highest BCUT2D eigenvalue weighted by Crippen LogP contribution is 2.35. The Labute approximate surface area is 367 Å². The first-order chi connectivity index (χ1) is 29.6. The zero-order valence-corrected chi connectivity index (χ0v) is 35.4. The van der Waals surface area contributed by atoms with Crippen molar-refractivity contribution < 1.29 is 103 Å². The highest BCUT2D eigenvalue weighted by Gasteiger charge is 2.54. The van der Waals surface area contributed by atoms with E-state index in [4.69, 9.17) is 37.9 Å². The number of methoxy groups -OCH3 is 1. The number of aliphatic hydroxyl groups excluding tert-OH is 7. The number of hydrogen-bond acceptors (Lipinski definition) is 24. The van der Waals surface area contributed by atoms with Crippen molar-refractivity contribution in [2.45, 2.75) is 117 Å². The highest BCUT2D eigenvalue weighted by atomic mass is 127. The average Bonchev–Trinajstić information content (AvgIpc) is 3.25. The van der Waals surface area contributed by atoms with Crippen molar-refractivity contribution in [1.29, 1.82) is 0 Å². The molecule has 0 aliphatic carbocycles. The number of carbonyl (C=O) groups excluding carboxylic acids is 4. The SMILES string of the molecule is COC1OC(CO)C(O)C(OC2OC(C(=O)[O-])C(COC3OC(CNc4ccc(I)cc4)C(O)C(OC4OC(C(=O)[O-])C(C)C(O)C4O)C3NCC=O)C(O)C2O)C1NCC=O. The van der Waals surface area contributed by atoms with Crippen LogP contribution in [-0.2, 0) is 57.1 Å². The minimum Gasteiger partial charge on any atom is -0.547 e. The van der Waals surface area contributed by atoms with Gasteiger partial charge in [0.1, 0.15) is 73.6 Å². The van der Waals surface area contributed by atoms with E-state index >= 15 is 0 Å². The van der Waals surface area contributed by atoms with Crippen LogP contribution in [0.4, 0.5) is 5.69 Å². The maximum absolute atomic E-state index is 12.6. The standard InChI is InChI=1S/C37H54IN3O21/c1-14-22(45)26(49)36(59-28(14)32(51)52)62-31-21(40-8-10-43)35(57-18(24(31)47)11-41-16-5-3-15(38)4-6-16)56-13-17-23(46)27(50)37(60-29(17)33(53)54)61-30-20(39-7-9-42)34(55-2)58-19(12-44)25(30)48/h3-6,9-10,14,17-31,34-37,39-41,44-50H,7-8,11-13H2,1-2H3,(H,51,52)(H,53,54)/p-2. The lowest BCUT2D eigenvalue weighted by molar-refractivity contribution is -0.368.